The molecule has 0 spiro atoms. The summed E-state index contributed by atoms with van der Waals surface area (Å²) in [7, 11) is 1.88. The van der Waals surface area contributed by atoms with Gasteiger partial charge in [0.15, 0.2) is 0 Å². The van der Waals surface area contributed by atoms with E-state index >= 15 is 0 Å². The number of nitrogens with one attached hydrogen (secondary N) is 2. The van der Waals surface area contributed by atoms with E-state index in [1.54, 1.807) is 11.8 Å². The van der Waals surface area contributed by atoms with Gasteiger partial charge in [0.1, 0.15) is 0 Å². The van der Waals surface area contributed by atoms with Crippen molar-refractivity contribution in [2.24, 2.45) is 0 Å². The lowest BCUT2D eigenvalue weighted by Crippen LogP contribution is -2.36. The Kier molecular flexibility index (Phi) is 6.05. The average molecular weight is 266 g/mol. The topological polar surface area (TPSA) is 41.1 Å². The Morgan fingerprint density at radius 3 is 2.67 bits per heavy atom. The predicted molar refractivity (Wildman–Crippen MR) is 80.7 cm³/mol. The zero-order chi connectivity index (χ0) is 13.5. The van der Waals surface area contributed by atoms with Crippen LogP contribution in [0.1, 0.15) is 29.3 Å². The standard InChI is InChI=1S/C14H22N2OS/c1-5-12(9-18-4)16-14(17)11-6-7-13(15-3)10(2)8-11/h6-8,12,15H,5,9H2,1-4H3,(H,16,17). The number of anilines is 1. The van der Waals surface area contributed by atoms with E-state index in [0.717, 1.165) is 29.0 Å². The Bertz CT molecular complexity index is 407. The molecule has 1 amide bonds. The molecular formula is C14H22N2OS. The molecule has 0 heterocycles. The number of hydrogen-bond donors (Lipinski definition) is 2. The largest absolute Gasteiger partial charge is 0.388 e. The van der Waals surface area contributed by atoms with Gasteiger partial charge in [-0.2, -0.15) is 11.8 Å². The molecule has 0 aromatic heterocycles. The molecule has 0 aliphatic heterocycles. The fourth-order valence-corrected chi connectivity index (χ4v) is 2.54. The summed E-state index contributed by atoms with van der Waals surface area (Å²) in [6, 6.07) is 5.98. The van der Waals surface area contributed by atoms with Crippen molar-refractivity contribution in [3.63, 3.8) is 0 Å². The maximum atomic E-state index is 12.1. The lowest BCUT2D eigenvalue weighted by molar-refractivity contribution is 0.0940. The number of rotatable bonds is 6. The van der Waals surface area contributed by atoms with Gasteiger partial charge in [0.05, 0.1) is 0 Å². The summed E-state index contributed by atoms with van der Waals surface area (Å²) in [4.78, 5) is 12.1. The van der Waals surface area contributed by atoms with Crippen LogP contribution in [0, 0.1) is 6.92 Å². The maximum absolute atomic E-state index is 12.1. The number of hydrogen-bond acceptors (Lipinski definition) is 3. The molecule has 1 unspecified atom stereocenters. The van der Waals surface area contributed by atoms with Gasteiger partial charge in [-0.05, 0) is 43.4 Å². The van der Waals surface area contributed by atoms with Crippen LogP contribution in [0.15, 0.2) is 18.2 Å². The third-order valence-corrected chi connectivity index (χ3v) is 3.69. The van der Waals surface area contributed by atoms with Crippen molar-refractivity contribution in [1.82, 2.24) is 5.32 Å². The third-order valence-electron chi connectivity index (χ3n) is 2.95. The predicted octanol–water partition coefficient (Wildman–Crippen LogP) is 2.91. The van der Waals surface area contributed by atoms with Crippen LogP contribution in [0.5, 0.6) is 0 Å². The second kappa shape index (κ2) is 7.31. The van der Waals surface area contributed by atoms with Crippen molar-refractivity contribution in [3.8, 4) is 0 Å². The minimum atomic E-state index is 0.0154. The fraction of sp³-hybridized carbons (Fsp3) is 0.500. The Balaban J connectivity index is 2.74. The zero-order valence-corrected chi connectivity index (χ0v) is 12.4. The monoisotopic (exact) mass is 266 g/mol. The second-order valence-electron chi connectivity index (χ2n) is 4.31. The first-order valence-corrected chi connectivity index (χ1v) is 7.60. The van der Waals surface area contributed by atoms with Gasteiger partial charge in [0.25, 0.3) is 5.91 Å². The van der Waals surface area contributed by atoms with Crippen LogP contribution in [0.25, 0.3) is 0 Å². The lowest BCUT2D eigenvalue weighted by atomic mass is 10.1. The van der Waals surface area contributed by atoms with Gasteiger partial charge >= 0.3 is 0 Å². The molecule has 0 saturated carbocycles. The van der Waals surface area contributed by atoms with Gasteiger partial charge in [-0.25, -0.2) is 0 Å². The number of amides is 1. The highest BCUT2D eigenvalue weighted by Gasteiger charge is 2.12. The molecule has 0 aliphatic rings. The SMILES string of the molecule is CCC(CSC)NC(=O)c1ccc(NC)c(C)c1. The fourth-order valence-electron chi connectivity index (χ4n) is 1.82. The number of carbonyl (C=O) groups is 1. The zero-order valence-electron chi connectivity index (χ0n) is 11.5. The van der Waals surface area contributed by atoms with Gasteiger partial charge < -0.3 is 10.6 Å². The summed E-state index contributed by atoms with van der Waals surface area (Å²) in [5, 5.41) is 6.17. The highest BCUT2D eigenvalue weighted by atomic mass is 32.2. The summed E-state index contributed by atoms with van der Waals surface area (Å²) in [5.74, 6) is 0.970. The summed E-state index contributed by atoms with van der Waals surface area (Å²) in [6.45, 7) is 4.10. The molecule has 0 aliphatic carbocycles. The van der Waals surface area contributed by atoms with Gasteiger partial charge in [-0.15, -0.1) is 0 Å². The minimum Gasteiger partial charge on any atom is -0.388 e. The Morgan fingerprint density at radius 2 is 2.17 bits per heavy atom. The van der Waals surface area contributed by atoms with Crippen LogP contribution in [0.4, 0.5) is 5.69 Å². The highest BCUT2D eigenvalue weighted by molar-refractivity contribution is 7.98. The van der Waals surface area contributed by atoms with E-state index in [-0.39, 0.29) is 11.9 Å². The highest BCUT2D eigenvalue weighted by Crippen LogP contribution is 2.16. The van der Waals surface area contributed by atoms with E-state index in [0.29, 0.717) is 0 Å². The van der Waals surface area contributed by atoms with Crippen molar-refractivity contribution in [2.45, 2.75) is 26.3 Å². The van der Waals surface area contributed by atoms with E-state index in [9.17, 15) is 4.79 Å². The molecule has 0 bridgehead atoms. The quantitative estimate of drug-likeness (QED) is 0.832. The third kappa shape index (κ3) is 3.95. The number of carbonyl (C=O) groups excluding carboxylic acids is 1. The normalized spacial score (nSPS) is 12.0. The van der Waals surface area contributed by atoms with Crippen LogP contribution < -0.4 is 10.6 Å². The number of benzene rings is 1. The minimum absolute atomic E-state index is 0.0154. The summed E-state index contributed by atoms with van der Waals surface area (Å²) >= 11 is 1.76. The molecule has 1 rings (SSSR count). The van der Waals surface area contributed by atoms with Crippen molar-refractivity contribution in [1.29, 1.82) is 0 Å². The lowest BCUT2D eigenvalue weighted by Gasteiger charge is -2.16. The van der Waals surface area contributed by atoms with E-state index in [2.05, 4.69) is 23.8 Å². The second-order valence-corrected chi connectivity index (χ2v) is 5.22. The van der Waals surface area contributed by atoms with Crippen LogP contribution in [-0.2, 0) is 0 Å². The first-order chi connectivity index (χ1) is 8.62. The molecule has 0 fully saturated rings. The molecule has 100 valence electrons. The van der Waals surface area contributed by atoms with Crippen molar-refractivity contribution in [2.75, 3.05) is 24.4 Å². The number of aryl methyl sites for hydroxylation is 1. The molecule has 3 nitrogen and oxygen atoms in total. The molecule has 4 heteroatoms. The molecular weight excluding hydrogens is 244 g/mol. The summed E-state index contributed by atoms with van der Waals surface area (Å²) in [5.41, 5.74) is 2.87. The Labute approximate surface area is 114 Å². The van der Waals surface area contributed by atoms with Crippen molar-refractivity contribution >= 4 is 23.4 Å². The Hall–Kier alpha value is -1.16. The maximum Gasteiger partial charge on any atom is 0.251 e. The number of thioether (sulfide) groups is 1. The average Bonchev–Trinajstić information content (AvgIpc) is 2.37. The van der Waals surface area contributed by atoms with Crippen molar-refractivity contribution < 1.29 is 4.79 Å². The van der Waals surface area contributed by atoms with Crippen molar-refractivity contribution in [3.05, 3.63) is 29.3 Å². The molecule has 1 aromatic rings. The summed E-state index contributed by atoms with van der Waals surface area (Å²) in [6.07, 6.45) is 3.01. The first kappa shape index (κ1) is 14.9. The van der Waals surface area contributed by atoms with Crippen LogP contribution >= 0.6 is 11.8 Å². The first-order valence-electron chi connectivity index (χ1n) is 6.20. The molecule has 1 atom stereocenters. The van der Waals surface area contributed by atoms with E-state index in [1.807, 2.05) is 32.2 Å². The van der Waals surface area contributed by atoms with E-state index in [1.165, 1.54) is 0 Å². The molecule has 2 N–H and O–H groups in total. The smallest absolute Gasteiger partial charge is 0.251 e. The summed E-state index contributed by atoms with van der Waals surface area (Å²) < 4.78 is 0. The van der Waals surface area contributed by atoms with Gasteiger partial charge in [0.2, 0.25) is 0 Å². The van der Waals surface area contributed by atoms with Gasteiger partial charge in [0, 0.05) is 30.1 Å². The molecule has 0 radical (unpaired) electrons. The molecule has 18 heavy (non-hydrogen) atoms. The Morgan fingerprint density at radius 1 is 1.44 bits per heavy atom. The van der Waals surface area contributed by atoms with Crippen LogP contribution in [0.2, 0.25) is 0 Å². The van der Waals surface area contributed by atoms with Crippen LogP contribution in [0.3, 0.4) is 0 Å². The molecule has 0 saturated heterocycles. The molecule has 1 aromatic carbocycles. The van der Waals surface area contributed by atoms with Gasteiger partial charge in [-0.3, -0.25) is 4.79 Å². The van der Waals surface area contributed by atoms with Gasteiger partial charge in [-0.1, -0.05) is 6.92 Å². The van der Waals surface area contributed by atoms with Crippen LogP contribution in [-0.4, -0.2) is 31.0 Å². The van der Waals surface area contributed by atoms with E-state index < -0.39 is 0 Å². The van der Waals surface area contributed by atoms with E-state index in [4.69, 9.17) is 0 Å².